The first-order chi connectivity index (χ1) is 10.2. The van der Waals surface area contributed by atoms with Gasteiger partial charge in [0.2, 0.25) is 0 Å². The Balaban J connectivity index is 1.72. The molecule has 0 unspecified atom stereocenters. The predicted octanol–water partition coefficient (Wildman–Crippen LogP) is 2.49. The molecular weight excluding hydrogens is 266 g/mol. The molecule has 1 aliphatic rings. The van der Waals surface area contributed by atoms with Crippen molar-refractivity contribution in [1.29, 1.82) is 0 Å². The molecule has 0 radical (unpaired) electrons. The number of hydrogen-bond acceptors (Lipinski definition) is 4. The predicted molar refractivity (Wildman–Crippen MR) is 79.1 cm³/mol. The highest BCUT2D eigenvalue weighted by Gasteiger charge is 2.33. The maximum Gasteiger partial charge on any atom is 0.118 e. The van der Waals surface area contributed by atoms with E-state index in [1.165, 1.54) is 6.42 Å². The van der Waals surface area contributed by atoms with Crippen molar-refractivity contribution in [2.75, 3.05) is 7.11 Å². The second-order valence-electron chi connectivity index (χ2n) is 5.74. The lowest BCUT2D eigenvalue weighted by atomic mass is 9.83. The fraction of sp³-hybridized carbons (Fsp3) is 0.500. The van der Waals surface area contributed by atoms with Crippen molar-refractivity contribution in [2.24, 2.45) is 0 Å². The van der Waals surface area contributed by atoms with Crippen LogP contribution in [0.5, 0.6) is 5.75 Å². The fourth-order valence-electron chi connectivity index (χ4n) is 2.90. The van der Waals surface area contributed by atoms with Gasteiger partial charge in [-0.3, -0.25) is 0 Å². The number of aliphatic hydroxyl groups is 1. The van der Waals surface area contributed by atoms with Gasteiger partial charge in [0, 0.05) is 0 Å². The number of hydrogen-bond donors (Lipinski definition) is 1. The SMILES string of the molecule is COc1ccc(Cn2cc(C3(O)CCCCC3)nn2)cc1. The van der Waals surface area contributed by atoms with Gasteiger partial charge in [-0.1, -0.05) is 36.6 Å². The van der Waals surface area contributed by atoms with Crippen LogP contribution in [0.1, 0.15) is 43.4 Å². The van der Waals surface area contributed by atoms with E-state index in [-0.39, 0.29) is 0 Å². The molecule has 0 amide bonds. The zero-order valence-electron chi connectivity index (χ0n) is 12.3. The van der Waals surface area contributed by atoms with Crippen molar-refractivity contribution < 1.29 is 9.84 Å². The van der Waals surface area contributed by atoms with Gasteiger partial charge in [0.25, 0.3) is 0 Å². The van der Waals surface area contributed by atoms with Crippen molar-refractivity contribution >= 4 is 0 Å². The van der Waals surface area contributed by atoms with E-state index < -0.39 is 5.60 Å². The van der Waals surface area contributed by atoms with E-state index in [2.05, 4.69) is 10.3 Å². The highest BCUT2D eigenvalue weighted by atomic mass is 16.5. The van der Waals surface area contributed by atoms with Gasteiger partial charge in [-0.25, -0.2) is 4.68 Å². The lowest BCUT2D eigenvalue weighted by Gasteiger charge is -2.29. The molecule has 1 aliphatic carbocycles. The Morgan fingerprint density at radius 1 is 1.19 bits per heavy atom. The molecule has 5 nitrogen and oxygen atoms in total. The molecule has 0 bridgehead atoms. The third-order valence-electron chi connectivity index (χ3n) is 4.20. The summed E-state index contributed by atoms with van der Waals surface area (Å²) in [6.45, 7) is 0.646. The van der Waals surface area contributed by atoms with Gasteiger partial charge in [0.05, 0.1) is 19.9 Å². The summed E-state index contributed by atoms with van der Waals surface area (Å²) in [6, 6.07) is 7.88. The fourth-order valence-corrected chi connectivity index (χ4v) is 2.90. The minimum Gasteiger partial charge on any atom is -0.497 e. The summed E-state index contributed by atoms with van der Waals surface area (Å²) in [7, 11) is 1.66. The van der Waals surface area contributed by atoms with E-state index in [1.807, 2.05) is 30.5 Å². The number of nitrogens with zero attached hydrogens (tertiary/aromatic N) is 3. The quantitative estimate of drug-likeness (QED) is 0.938. The Hall–Kier alpha value is -1.88. The van der Waals surface area contributed by atoms with Crippen LogP contribution in [-0.2, 0) is 12.1 Å². The third-order valence-corrected chi connectivity index (χ3v) is 4.20. The second kappa shape index (κ2) is 5.85. The standard InChI is InChI=1S/C16H21N3O2/c1-21-14-7-5-13(6-8-14)11-19-12-15(17-18-19)16(20)9-3-2-4-10-16/h5-8,12,20H,2-4,9-11H2,1H3. The lowest BCUT2D eigenvalue weighted by molar-refractivity contribution is -0.00474. The third kappa shape index (κ3) is 3.08. The van der Waals surface area contributed by atoms with Crippen LogP contribution in [-0.4, -0.2) is 27.2 Å². The number of benzene rings is 1. The molecule has 0 atom stereocenters. The summed E-state index contributed by atoms with van der Waals surface area (Å²) in [5, 5.41) is 19.0. The minimum atomic E-state index is -0.781. The molecule has 1 heterocycles. The van der Waals surface area contributed by atoms with Crippen molar-refractivity contribution in [2.45, 2.75) is 44.2 Å². The van der Waals surface area contributed by atoms with Gasteiger partial charge < -0.3 is 9.84 Å². The zero-order chi connectivity index (χ0) is 14.7. The average Bonchev–Trinajstić information content (AvgIpc) is 2.98. The summed E-state index contributed by atoms with van der Waals surface area (Å²) < 4.78 is 6.93. The molecule has 21 heavy (non-hydrogen) atoms. The molecule has 3 rings (SSSR count). The largest absolute Gasteiger partial charge is 0.497 e. The Kier molecular flexibility index (Phi) is 3.92. The van der Waals surface area contributed by atoms with Gasteiger partial charge in [-0.2, -0.15) is 0 Å². The van der Waals surface area contributed by atoms with Crippen LogP contribution in [0.25, 0.3) is 0 Å². The minimum absolute atomic E-state index is 0.646. The van der Waals surface area contributed by atoms with Crippen LogP contribution < -0.4 is 4.74 Å². The molecule has 1 aromatic heterocycles. The molecule has 112 valence electrons. The van der Waals surface area contributed by atoms with Gasteiger partial charge in [0.1, 0.15) is 17.0 Å². The molecular formula is C16H21N3O2. The highest BCUT2D eigenvalue weighted by Crippen LogP contribution is 2.35. The van der Waals surface area contributed by atoms with E-state index in [0.29, 0.717) is 12.2 Å². The van der Waals surface area contributed by atoms with Crippen LogP contribution >= 0.6 is 0 Å². The molecule has 0 saturated heterocycles. The van der Waals surface area contributed by atoms with Crippen LogP contribution in [0.15, 0.2) is 30.5 Å². The lowest BCUT2D eigenvalue weighted by Crippen LogP contribution is -2.28. The topological polar surface area (TPSA) is 60.2 Å². The van der Waals surface area contributed by atoms with Gasteiger partial charge in [-0.15, -0.1) is 5.10 Å². The summed E-state index contributed by atoms with van der Waals surface area (Å²) in [5.41, 5.74) is 1.05. The highest BCUT2D eigenvalue weighted by molar-refractivity contribution is 5.27. The summed E-state index contributed by atoms with van der Waals surface area (Å²) in [6.07, 6.45) is 6.75. The Morgan fingerprint density at radius 2 is 1.90 bits per heavy atom. The second-order valence-corrected chi connectivity index (χ2v) is 5.74. The van der Waals surface area contributed by atoms with E-state index >= 15 is 0 Å². The molecule has 1 saturated carbocycles. The van der Waals surface area contributed by atoms with Crippen molar-refractivity contribution in [3.63, 3.8) is 0 Å². The number of rotatable bonds is 4. The molecule has 1 fully saturated rings. The molecule has 1 N–H and O–H groups in total. The van der Waals surface area contributed by atoms with E-state index in [1.54, 1.807) is 11.8 Å². The molecule has 0 aliphatic heterocycles. The first-order valence-corrected chi connectivity index (χ1v) is 7.45. The Bertz CT molecular complexity index is 586. The van der Waals surface area contributed by atoms with Gasteiger partial charge >= 0.3 is 0 Å². The maximum atomic E-state index is 10.7. The number of aromatic nitrogens is 3. The summed E-state index contributed by atoms with van der Waals surface area (Å²) >= 11 is 0. The normalized spacial score (nSPS) is 17.6. The zero-order valence-corrected chi connectivity index (χ0v) is 12.3. The summed E-state index contributed by atoms with van der Waals surface area (Å²) in [5.74, 6) is 0.842. The van der Waals surface area contributed by atoms with E-state index in [9.17, 15) is 5.11 Å². The van der Waals surface area contributed by atoms with Crippen molar-refractivity contribution in [3.05, 3.63) is 41.7 Å². The number of ether oxygens (including phenoxy) is 1. The monoisotopic (exact) mass is 287 g/mol. The van der Waals surface area contributed by atoms with Crippen LogP contribution in [0, 0.1) is 0 Å². The van der Waals surface area contributed by atoms with Gasteiger partial charge in [-0.05, 0) is 30.5 Å². The van der Waals surface area contributed by atoms with Crippen LogP contribution in [0.2, 0.25) is 0 Å². The van der Waals surface area contributed by atoms with Crippen LogP contribution in [0.4, 0.5) is 0 Å². The Morgan fingerprint density at radius 3 is 2.57 bits per heavy atom. The molecule has 5 heteroatoms. The first kappa shape index (κ1) is 14.1. The molecule has 0 spiro atoms. The first-order valence-electron chi connectivity index (χ1n) is 7.45. The van der Waals surface area contributed by atoms with Crippen molar-refractivity contribution in [1.82, 2.24) is 15.0 Å². The van der Waals surface area contributed by atoms with Crippen LogP contribution in [0.3, 0.4) is 0 Å². The number of methoxy groups -OCH3 is 1. The molecule has 1 aromatic carbocycles. The molecule has 2 aromatic rings. The van der Waals surface area contributed by atoms with Gasteiger partial charge in [0.15, 0.2) is 0 Å². The maximum absolute atomic E-state index is 10.7. The van der Waals surface area contributed by atoms with E-state index in [0.717, 1.165) is 37.0 Å². The van der Waals surface area contributed by atoms with Crippen molar-refractivity contribution in [3.8, 4) is 5.75 Å². The van der Waals surface area contributed by atoms with E-state index in [4.69, 9.17) is 4.74 Å². The average molecular weight is 287 g/mol. The Labute approximate surface area is 124 Å². The smallest absolute Gasteiger partial charge is 0.118 e. The summed E-state index contributed by atoms with van der Waals surface area (Å²) in [4.78, 5) is 0.